The van der Waals surface area contributed by atoms with E-state index < -0.39 is 18.1 Å². The van der Waals surface area contributed by atoms with E-state index in [0.29, 0.717) is 18.4 Å². The van der Waals surface area contributed by atoms with E-state index in [2.05, 4.69) is 5.32 Å². The lowest BCUT2D eigenvalue weighted by Crippen LogP contribution is -2.42. The normalized spacial score (nSPS) is 22.9. The van der Waals surface area contributed by atoms with E-state index in [-0.39, 0.29) is 31.0 Å². The lowest BCUT2D eigenvalue weighted by atomic mass is 9.85. The maximum absolute atomic E-state index is 12.7. The Labute approximate surface area is 120 Å². The molecular formula is C15H17F4NO. The summed E-state index contributed by atoms with van der Waals surface area (Å²) in [4.78, 5) is 11.8. The standard InChI is InChI=1S/C15H17F4NO/c16-12-6-4-10(5-7-12)8-14(21)20-13-3-1-2-11(9-13)15(17,18)19/h4-7,11,13H,1-3,8-9H2,(H,20,21)/t11-,13-/m1/s1. The molecule has 2 nitrogen and oxygen atoms in total. The van der Waals surface area contributed by atoms with Crippen LogP contribution in [0.25, 0.3) is 0 Å². The van der Waals surface area contributed by atoms with Gasteiger partial charge in [0.1, 0.15) is 5.82 Å². The molecule has 0 unspecified atom stereocenters. The first-order valence-corrected chi connectivity index (χ1v) is 6.95. The molecule has 0 heterocycles. The minimum Gasteiger partial charge on any atom is -0.353 e. The van der Waals surface area contributed by atoms with Crippen molar-refractivity contribution in [3.05, 3.63) is 35.6 Å². The van der Waals surface area contributed by atoms with E-state index in [1.54, 1.807) is 0 Å². The number of carbonyl (C=O) groups excluding carboxylic acids is 1. The van der Waals surface area contributed by atoms with Crippen LogP contribution in [-0.4, -0.2) is 18.1 Å². The van der Waals surface area contributed by atoms with E-state index in [1.165, 1.54) is 24.3 Å². The van der Waals surface area contributed by atoms with E-state index in [9.17, 15) is 22.4 Å². The van der Waals surface area contributed by atoms with E-state index in [0.717, 1.165) is 0 Å². The summed E-state index contributed by atoms with van der Waals surface area (Å²) in [5.41, 5.74) is 0.636. The molecule has 1 N–H and O–H groups in total. The van der Waals surface area contributed by atoms with Crippen LogP contribution in [0.5, 0.6) is 0 Å². The first-order valence-electron chi connectivity index (χ1n) is 6.95. The second kappa shape index (κ2) is 6.45. The first kappa shape index (κ1) is 15.8. The largest absolute Gasteiger partial charge is 0.391 e. The Bertz CT molecular complexity index is 483. The number of carbonyl (C=O) groups is 1. The van der Waals surface area contributed by atoms with Gasteiger partial charge in [0.05, 0.1) is 12.3 Å². The van der Waals surface area contributed by atoms with Crippen molar-refractivity contribution in [3.63, 3.8) is 0 Å². The molecule has 2 atom stereocenters. The van der Waals surface area contributed by atoms with Crippen molar-refractivity contribution < 1.29 is 22.4 Å². The lowest BCUT2D eigenvalue weighted by molar-refractivity contribution is -0.184. The quantitative estimate of drug-likeness (QED) is 0.849. The molecule has 1 aliphatic carbocycles. The van der Waals surface area contributed by atoms with Crippen LogP contribution >= 0.6 is 0 Å². The molecule has 0 radical (unpaired) electrons. The van der Waals surface area contributed by atoms with Gasteiger partial charge in [0.2, 0.25) is 5.91 Å². The number of amides is 1. The average Bonchev–Trinajstić information content (AvgIpc) is 2.41. The van der Waals surface area contributed by atoms with Crippen molar-refractivity contribution in [2.45, 2.75) is 44.3 Å². The molecule has 0 bridgehead atoms. The third-order valence-corrected chi connectivity index (χ3v) is 3.78. The molecule has 1 amide bonds. The summed E-state index contributed by atoms with van der Waals surface area (Å²) in [7, 11) is 0. The van der Waals surface area contributed by atoms with Crippen LogP contribution in [0.3, 0.4) is 0 Å². The number of rotatable bonds is 3. The Hall–Kier alpha value is -1.59. The molecule has 2 rings (SSSR count). The molecule has 1 fully saturated rings. The van der Waals surface area contributed by atoms with Gasteiger partial charge in [-0.2, -0.15) is 13.2 Å². The van der Waals surface area contributed by atoms with E-state index in [4.69, 9.17) is 0 Å². The molecule has 6 heteroatoms. The maximum Gasteiger partial charge on any atom is 0.391 e. The van der Waals surface area contributed by atoms with Crippen molar-refractivity contribution in [2.75, 3.05) is 0 Å². The van der Waals surface area contributed by atoms with Crippen molar-refractivity contribution in [1.29, 1.82) is 0 Å². The van der Waals surface area contributed by atoms with Gasteiger partial charge in [-0.05, 0) is 37.0 Å². The molecule has 116 valence electrons. The number of benzene rings is 1. The minimum absolute atomic E-state index is 0.0491. The fourth-order valence-electron chi connectivity index (χ4n) is 2.68. The summed E-state index contributed by atoms with van der Waals surface area (Å²) in [6.45, 7) is 0. The highest BCUT2D eigenvalue weighted by Gasteiger charge is 2.42. The van der Waals surface area contributed by atoms with Crippen LogP contribution in [-0.2, 0) is 11.2 Å². The van der Waals surface area contributed by atoms with Gasteiger partial charge in [0.25, 0.3) is 0 Å². The second-order valence-electron chi connectivity index (χ2n) is 5.47. The van der Waals surface area contributed by atoms with Gasteiger partial charge in [0, 0.05) is 6.04 Å². The zero-order chi connectivity index (χ0) is 15.5. The Morgan fingerprint density at radius 2 is 1.86 bits per heavy atom. The van der Waals surface area contributed by atoms with E-state index >= 15 is 0 Å². The van der Waals surface area contributed by atoms with E-state index in [1.807, 2.05) is 0 Å². The molecule has 21 heavy (non-hydrogen) atoms. The summed E-state index contributed by atoms with van der Waals surface area (Å²) in [6.07, 6.45) is -3.03. The lowest BCUT2D eigenvalue weighted by Gasteiger charge is -2.31. The molecule has 1 aromatic rings. The van der Waals surface area contributed by atoms with Crippen LogP contribution in [0.2, 0.25) is 0 Å². The topological polar surface area (TPSA) is 29.1 Å². The highest BCUT2D eigenvalue weighted by molar-refractivity contribution is 5.78. The molecule has 1 aliphatic rings. The predicted octanol–water partition coefficient (Wildman–Crippen LogP) is 3.61. The van der Waals surface area contributed by atoms with Crippen molar-refractivity contribution in [3.8, 4) is 0 Å². The molecular weight excluding hydrogens is 286 g/mol. The summed E-state index contributed by atoms with van der Waals surface area (Å²) in [5, 5.41) is 2.65. The highest BCUT2D eigenvalue weighted by Crippen LogP contribution is 2.37. The maximum atomic E-state index is 12.7. The van der Waals surface area contributed by atoms with Crippen molar-refractivity contribution in [1.82, 2.24) is 5.32 Å². The zero-order valence-corrected chi connectivity index (χ0v) is 11.4. The van der Waals surface area contributed by atoms with Crippen LogP contribution in [0.1, 0.15) is 31.2 Å². The predicted molar refractivity (Wildman–Crippen MR) is 70.0 cm³/mol. The smallest absolute Gasteiger partial charge is 0.353 e. The summed E-state index contributed by atoms with van der Waals surface area (Å²) >= 11 is 0. The first-order chi connectivity index (χ1) is 9.84. The van der Waals surface area contributed by atoms with Gasteiger partial charge in [-0.25, -0.2) is 4.39 Å². The number of nitrogens with one attached hydrogen (secondary N) is 1. The van der Waals surface area contributed by atoms with Gasteiger partial charge in [-0.1, -0.05) is 18.6 Å². The fourth-order valence-corrected chi connectivity index (χ4v) is 2.68. The number of hydrogen-bond donors (Lipinski definition) is 1. The summed E-state index contributed by atoms with van der Waals surface area (Å²) in [6, 6.07) is 5.06. The Kier molecular flexibility index (Phi) is 4.85. The molecule has 0 aromatic heterocycles. The van der Waals surface area contributed by atoms with Crippen molar-refractivity contribution >= 4 is 5.91 Å². The molecule has 1 saturated carbocycles. The van der Waals surface area contributed by atoms with Gasteiger partial charge < -0.3 is 5.32 Å². The Balaban J connectivity index is 1.86. The number of alkyl halides is 3. The van der Waals surface area contributed by atoms with Gasteiger partial charge >= 0.3 is 6.18 Å². The van der Waals surface area contributed by atoms with Crippen LogP contribution < -0.4 is 5.32 Å². The average molecular weight is 303 g/mol. The van der Waals surface area contributed by atoms with Gasteiger partial charge in [0.15, 0.2) is 0 Å². The Morgan fingerprint density at radius 1 is 1.19 bits per heavy atom. The monoisotopic (exact) mass is 303 g/mol. The number of halogens is 4. The van der Waals surface area contributed by atoms with Gasteiger partial charge in [-0.3, -0.25) is 4.79 Å². The summed E-state index contributed by atoms with van der Waals surface area (Å²) in [5.74, 6) is -2.05. The van der Waals surface area contributed by atoms with Crippen LogP contribution in [0, 0.1) is 11.7 Å². The van der Waals surface area contributed by atoms with Crippen LogP contribution in [0.4, 0.5) is 17.6 Å². The zero-order valence-electron chi connectivity index (χ0n) is 11.4. The third-order valence-electron chi connectivity index (χ3n) is 3.78. The number of hydrogen-bond acceptors (Lipinski definition) is 1. The highest BCUT2D eigenvalue weighted by atomic mass is 19.4. The molecule has 0 spiro atoms. The van der Waals surface area contributed by atoms with Gasteiger partial charge in [-0.15, -0.1) is 0 Å². The second-order valence-corrected chi connectivity index (χ2v) is 5.47. The summed E-state index contributed by atoms with van der Waals surface area (Å²) < 4.78 is 50.8. The molecule has 0 saturated heterocycles. The minimum atomic E-state index is -4.19. The molecule has 0 aliphatic heterocycles. The fraction of sp³-hybridized carbons (Fsp3) is 0.533. The third kappa shape index (κ3) is 4.72. The van der Waals surface area contributed by atoms with Crippen molar-refractivity contribution in [2.24, 2.45) is 5.92 Å². The molecule has 1 aromatic carbocycles. The Morgan fingerprint density at radius 3 is 2.48 bits per heavy atom. The SMILES string of the molecule is O=C(Cc1ccc(F)cc1)N[C@@H]1CCC[C@@H](C(F)(F)F)C1. The van der Waals surface area contributed by atoms with Crippen LogP contribution in [0.15, 0.2) is 24.3 Å².